The second kappa shape index (κ2) is 6.02. The molecule has 2 fully saturated rings. The summed E-state index contributed by atoms with van der Waals surface area (Å²) in [7, 11) is 0. The average molecular weight is 317 g/mol. The molecule has 122 valence electrons. The third kappa shape index (κ3) is 3.01. The predicted octanol–water partition coefficient (Wildman–Crippen LogP) is 2.91. The van der Waals surface area contributed by atoms with E-state index in [1.807, 2.05) is 0 Å². The van der Waals surface area contributed by atoms with Gasteiger partial charge in [-0.2, -0.15) is 0 Å². The summed E-state index contributed by atoms with van der Waals surface area (Å²) in [6, 6.07) is 4.91. The van der Waals surface area contributed by atoms with Crippen LogP contribution in [0.3, 0.4) is 0 Å². The standard InChI is InChI=1S/C17H20FN3O2/c18-12-1-2-14-15(9-12)19-11-20-16(14)21-13-3-6-23-17(10-13)4-7-22-8-5-17/h1-2,9,11,13H,3-8,10H2,(H,19,20,21). The van der Waals surface area contributed by atoms with Crippen molar-refractivity contribution in [1.29, 1.82) is 0 Å². The van der Waals surface area contributed by atoms with Gasteiger partial charge in [-0.25, -0.2) is 14.4 Å². The van der Waals surface area contributed by atoms with Crippen LogP contribution in [0, 0.1) is 5.82 Å². The summed E-state index contributed by atoms with van der Waals surface area (Å²) in [5.41, 5.74) is 0.554. The fourth-order valence-corrected chi connectivity index (χ4v) is 3.58. The first kappa shape index (κ1) is 14.8. The first-order valence-corrected chi connectivity index (χ1v) is 8.13. The molecule has 2 saturated heterocycles. The maximum Gasteiger partial charge on any atom is 0.137 e. The van der Waals surface area contributed by atoms with Crippen molar-refractivity contribution < 1.29 is 13.9 Å². The topological polar surface area (TPSA) is 56.3 Å². The molecule has 0 bridgehead atoms. The molecule has 2 aliphatic heterocycles. The molecule has 0 aliphatic carbocycles. The van der Waals surface area contributed by atoms with Gasteiger partial charge in [0.1, 0.15) is 18.0 Å². The Morgan fingerprint density at radius 3 is 2.91 bits per heavy atom. The van der Waals surface area contributed by atoms with Crippen molar-refractivity contribution in [3.05, 3.63) is 30.3 Å². The third-order valence-corrected chi connectivity index (χ3v) is 4.84. The fourth-order valence-electron chi connectivity index (χ4n) is 3.58. The lowest BCUT2D eigenvalue weighted by Crippen LogP contribution is -2.47. The van der Waals surface area contributed by atoms with Crippen molar-refractivity contribution in [2.45, 2.75) is 37.3 Å². The van der Waals surface area contributed by atoms with E-state index in [2.05, 4.69) is 15.3 Å². The van der Waals surface area contributed by atoms with E-state index in [1.54, 1.807) is 6.07 Å². The van der Waals surface area contributed by atoms with Crippen molar-refractivity contribution in [1.82, 2.24) is 9.97 Å². The maximum atomic E-state index is 13.4. The highest BCUT2D eigenvalue weighted by atomic mass is 19.1. The molecular weight excluding hydrogens is 297 g/mol. The van der Waals surface area contributed by atoms with Gasteiger partial charge >= 0.3 is 0 Å². The smallest absolute Gasteiger partial charge is 0.137 e. The lowest BCUT2D eigenvalue weighted by atomic mass is 9.84. The van der Waals surface area contributed by atoms with Crippen molar-refractivity contribution >= 4 is 16.7 Å². The molecule has 1 aromatic carbocycles. The van der Waals surface area contributed by atoms with Crippen LogP contribution in [0.15, 0.2) is 24.5 Å². The number of benzene rings is 1. The van der Waals surface area contributed by atoms with Crippen LogP contribution in [-0.2, 0) is 9.47 Å². The molecule has 0 amide bonds. The molecule has 1 atom stereocenters. The molecule has 1 aromatic heterocycles. The number of ether oxygens (including phenoxy) is 2. The summed E-state index contributed by atoms with van der Waals surface area (Å²) in [6.45, 7) is 2.28. The van der Waals surface area contributed by atoms with Gasteiger partial charge in [0.2, 0.25) is 0 Å². The molecule has 4 rings (SSSR count). The minimum atomic E-state index is -0.283. The summed E-state index contributed by atoms with van der Waals surface area (Å²) in [5.74, 6) is 0.485. The number of hydrogen-bond donors (Lipinski definition) is 1. The fraction of sp³-hybridized carbons (Fsp3) is 0.529. The lowest BCUT2D eigenvalue weighted by molar-refractivity contribution is -0.135. The normalized spacial score (nSPS) is 24.0. The molecule has 0 radical (unpaired) electrons. The zero-order valence-corrected chi connectivity index (χ0v) is 12.9. The summed E-state index contributed by atoms with van der Waals surface area (Å²) in [4.78, 5) is 8.50. The molecule has 2 aliphatic rings. The molecule has 2 aromatic rings. The Labute approximate surface area is 134 Å². The van der Waals surface area contributed by atoms with Crippen LogP contribution in [0.4, 0.5) is 10.2 Å². The van der Waals surface area contributed by atoms with Crippen LogP contribution in [0.2, 0.25) is 0 Å². The highest BCUT2D eigenvalue weighted by molar-refractivity contribution is 5.88. The predicted molar refractivity (Wildman–Crippen MR) is 84.9 cm³/mol. The number of anilines is 1. The molecule has 23 heavy (non-hydrogen) atoms. The van der Waals surface area contributed by atoms with E-state index in [4.69, 9.17) is 9.47 Å². The molecule has 0 saturated carbocycles. The van der Waals surface area contributed by atoms with Gasteiger partial charge in [-0.15, -0.1) is 0 Å². The van der Waals surface area contributed by atoms with Gasteiger partial charge < -0.3 is 14.8 Å². The van der Waals surface area contributed by atoms with Gasteiger partial charge in [-0.3, -0.25) is 0 Å². The monoisotopic (exact) mass is 317 g/mol. The zero-order chi connectivity index (χ0) is 15.7. The lowest BCUT2D eigenvalue weighted by Gasteiger charge is -2.43. The van der Waals surface area contributed by atoms with Gasteiger partial charge in [0.15, 0.2) is 0 Å². The van der Waals surface area contributed by atoms with Crippen LogP contribution >= 0.6 is 0 Å². The number of aromatic nitrogens is 2. The van der Waals surface area contributed by atoms with Crippen LogP contribution in [0.5, 0.6) is 0 Å². The van der Waals surface area contributed by atoms with Crippen LogP contribution in [-0.4, -0.2) is 41.4 Å². The van der Waals surface area contributed by atoms with E-state index in [-0.39, 0.29) is 11.4 Å². The molecule has 3 heterocycles. The maximum absolute atomic E-state index is 13.4. The number of halogens is 1. The van der Waals surface area contributed by atoms with Crippen LogP contribution < -0.4 is 5.32 Å². The van der Waals surface area contributed by atoms with E-state index in [0.717, 1.165) is 56.7 Å². The Bertz CT molecular complexity index is 698. The zero-order valence-electron chi connectivity index (χ0n) is 12.9. The Morgan fingerprint density at radius 1 is 1.17 bits per heavy atom. The van der Waals surface area contributed by atoms with E-state index in [1.165, 1.54) is 18.5 Å². The van der Waals surface area contributed by atoms with Gasteiger partial charge in [-0.1, -0.05) is 0 Å². The van der Waals surface area contributed by atoms with Gasteiger partial charge in [0.25, 0.3) is 0 Å². The first-order chi connectivity index (χ1) is 11.2. The van der Waals surface area contributed by atoms with E-state index in [0.29, 0.717) is 11.6 Å². The number of rotatable bonds is 2. The van der Waals surface area contributed by atoms with Crippen molar-refractivity contribution in [2.75, 3.05) is 25.1 Å². The number of fused-ring (bicyclic) bond motifs is 1. The minimum Gasteiger partial charge on any atom is -0.381 e. The Kier molecular flexibility index (Phi) is 3.87. The second-order valence-electron chi connectivity index (χ2n) is 6.36. The minimum absolute atomic E-state index is 0.0664. The number of hydrogen-bond acceptors (Lipinski definition) is 5. The SMILES string of the molecule is Fc1ccc2c(NC3CCOC4(CCOCC4)C3)ncnc2c1. The number of nitrogens with zero attached hydrogens (tertiary/aromatic N) is 2. The van der Waals surface area contributed by atoms with E-state index < -0.39 is 0 Å². The first-order valence-electron chi connectivity index (χ1n) is 8.13. The van der Waals surface area contributed by atoms with E-state index >= 15 is 0 Å². The summed E-state index contributed by atoms with van der Waals surface area (Å²) in [6.07, 6.45) is 5.26. The molecule has 1 unspecified atom stereocenters. The summed E-state index contributed by atoms with van der Waals surface area (Å²) in [5, 5.41) is 4.37. The van der Waals surface area contributed by atoms with Crippen LogP contribution in [0.1, 0.15) is 25.7 Å². The van der Waals surface area contributed by atoms with Crippen molar-refractivity contribution in [3.8, 4) is 0 Å². The summed E-state index contributed by atoms with van der Waals surface area (Å²) >= 11 is 0. The molecule has 5 nitrogen and oxygen atoms in total. The molecule has 1 N–H and O–H groups in total. The van der Waals surface area contributed by atoms with Crippen molar-refractivity contribution in [2.24, 2.45) is 0 Å². The number of nitrogens with one attached hydrogen (secondary N) is 1. The Hall–Kier alpha value is -1.79. The Morgan fingerprint density at radius 2 is 2.04 bits per heavy atom. The second-order valence-corrected chi connectivity index (χ2v) is 6.36. The molecular formula is C17H20FN3O2. The molecule has 1 spiro atoms. The highest BCUT2D eigenvalue weighted by Gasteiger charge is 2.39. The van der Waals surface area contributed by atoms with Gasteiger partial charge in [-0.05, 0) is 37.8 Å². The third-order valence-electron chi connectivity index (χ3n) is 4.84. The van der Waals surface area contributed by atoms with Gasteiger partial charge in [0.05, 0.1) is 11.1 Å². The van der Waals surface area contributed by atoms with Crippen LogP contribution in [0.25, 0.3) is 10.9 Å². The Balaban J connectivity index is 1.56. The van der Waals surface area contributed by atoms with Gasteiger partial charge in [0, 0.05) is 37.3 Å². The van der Waals surface area contributed by atoms with E-state index in [9.17, 15) is 4.39 Å². The average Bonchev–Trinajstić information content (AvgIpc) is 2.55. The largest absolute Gasteiger partial charge is 0.381 e. The highest BCUT2D eigenvalue weighted by Crippen LogP contribution is 2.35. The van der Waals surface area contributed by atoms with Crippen molar-refractivity contribution in [3.63, 3.8) is 0 Å². The quantitative estimate of drug-likeness (QED) is 0.923. The molecule has 6 heteroatoms. The summed E-state index contributed by atoms with van der Waals surface area (Å²) < 4.78 is 24.9.